The van der Waals surface area contributed by atoms with E-state index in [0.717, 1.165) is 12.4 Å². The normalized spacial score (nSPS) is 15.0. The average molecular weight is 204 g/mol. The predicted octanol–water partition coefficient (Wildman–Crippen LogP) is 1.35. The van der Waals surface area contributed by atoms with Gasteiger partial charge in [-0.2, -0.15) is 0 Å². The van der Waals surface area contributed by atoms with Gasteiger partial charge in [0.15, 0.2) is 0 Å². The summed E-state index contributed by atoms with van der Waals surface area (Å²) in [6.45, 7) is 3.12. The van der Waals surface area contributed by atoms with Crippen LogP contribution in [-0.4, -0.2) is 23.4 Å². The number of hydrogen-bond donors (Lipinski definition) is 2. The lowest BCUT2D eigenvalue weighted by molar-refractivity contribution is 0.808. The molecule has 0 saturated heterocycles. The SMILES string of the molecule is CCN(c1ccc(C(=N)N)cn1)C1CC1. The molecule has 2 rings (SSSR count). The summed E-state index contributed by atoms with van der Waals surface area (Å²) >= 11 is 0. The van der Waals surface area contributed by atoms with Crippen LogP contribution >= 0.6 is 0 Å². The van der Waals surface area contributed by atoms with Gasteiger partial charge in [-0.3, -0.25) is 5.41 Å². The van der Waals surface area contributed by atoms with E-state index < -0.39 is 0 Å². The lowest BCUT2D eigenvalue weighted by Crippen LogP contribution is -2.26. The maximum atomic E-state index is 7.28. The molecule has 1 aliphatic carbocycles. The highest BCUT2D eigenvalue weighted by atomic mass is 15.2. The average Bonchev–Trinajstić information content (AvgIpc) is 3.04. The van der Waals surface area contributed by atoms with E-state index in [9.17, 15) is 0 Å². The Bertz CT molecular complexity index is 353. The van der Waals surface area contributed by atoms with Crippen molar-refractivity contribution in [2.24, 2.45) is 5.73 Å². The van der Waals surface area contributed by atoms with Gasteiger partial charge in [-0.1, -0.05) is 0 Å². The van der Waals surface area contributed by atoms with Crippen LogP contribution in [0.15, 0.2) is 18.3 Å². The van der Waals surface area contributed by atoms with Crippen LogP contribution in [0.25, 0.3) is 0 Å². The first-order valence-corrected chi connectivity index (χ1v) is 5.29. The van der Waals surface area contributed by atoms with E-state index in [1.165, 1.54) is 12.8 Å². The molecule has 1 aromatic heterocycles. The van der Waals surface area contributed by atoms with Crippen molar-refractivity contribution in [3.63, 3.8) is 0 Å². The smallest absolute Gasteiger partial charge is 0.128 e. The first kappa shape index (κ1) is 9.96. The Morgan fingerprint density at radius 1 is 1.60 bits per heavy atom. The molecule has 0 amide bonds. The second-order valence-electron chi connectivity index (χ2n) is 3.84. The van der Waals surface area contributed by atoms with Crippen LogP contribution in [0.2, 0.25) is 0 Å². The van der Waals surface area contributed by atoms with Crippen LogP contribution < -0.4 is 10.6 Å². The fraction of sp³-hybridized carbons (Fsp3) is 0.455. The molecule has 1 heterocycles. The molecule has 1 aliphatic rings. The highest BCUT2D eigenvalue weighted by molar-refractivity contribution is 5.94. The van der Waals surface area contributed by atoms with Crippen LogP contribution in [0.1, 0.15) is 25.3 Å². The number of anilines is 1. The Balaban J connectivity index is 2.17. The van der Waals surface area contributed by atoms with Gasteiger partial charge < -0.3 is 10.6 Å². The first-order chi connectivity index (χ1) is 7.22. The van der Waals surface area contributed by atoms with Crippen molar-refractivity contribution in [3.8, 4) is 0 Å². The third-order valence-electron chi connectivity index (χ3n) is 2.68. The minimum absolute atomic E-state index is 0.0727. The predicted molar refractivity (Wildman–Crippen MR) is 61.3 cm³/mol. The van der Waals surface area contributed by atoms with Gasteiger partial charge in [-0.15, -0.1) is 0 Å². The van der Waals surface area contributed by atoms with Crippen molar-refractivity contribution >= 4 is 11.7 Å². The third-order valence-corrected chi connectivity index (χ3v) is 2.68. The number of pyridine rings is 1. The molecular weight excluding hydrogens is 188 g/mol. The summed E-state index contributed by atoms with van der Waals surface area (Å²) in [4.78, 5) is 6.63. The number of nitrogens with one attached hydrogen (secondary N) is 1. The van der Waals surface area contributed by atoms with Gasteiger partial charge in [0.05, 0.1) is 0 Å². The van der Waals surface area contributed by atoms with E-state index in [-0.39, 0.29) is 5.84 Å². The number of amidine groups is 1. The van der Waals surface area contributed by atoms with Crippen molar-refractivity contribution in [3.05, 3.63) is 23.9 Å². The summed E-state index contributed by atoms with van der Waals surface area (Å²) in [5, 5.41) is 7.28. The van der Waals surface area contributed by atoms with Gasteiger partial charge >= 0.3 is 0 Å². The van der Waals surface area contributed by atoms with E-state index in [4.69, 9.17) is 11.1 Å². The van der Waals surface area contributed by atoms with Gasteiger partial charge in [0.1, 0.15) is 11.7 Å². The summed E-state index contributed by atoms with van der Waals surface area (Å²) in [5.74, 6) is 1.06. The molecule has 1 aromatic rings. The number of aromatic nitrogens is 1. The molecule has 0 bridgehead atoms. The second-order valence-corrected chi connectivity index (χ2v) is 3.84. The Morgan fingerprint density at radius 2 is 2.33 bits per heavy atom. The molecule has 80 valence electrons. The maximum Gasteiger partial charge on any atom is 0.128 e. The first-order valence-electron chi connectivity index (χ1n) is 5.29. The zero-order valence-corrected chi connectivity index (χ0v) is 8.90. The standard InChI is InChI=1S/C11H16N4/c1-2-15(9-4-5-9)10-6-3-8(7-14-10)11(12)13/h3,6-7,9H,2,4-5H2,1H3,(H3,12,13). The number of nitrogens with two attached hydrogens (primary N) is 1. The summed E-state index contributed by atoms with van der Waals surface area (Å²) in [7, 11) is 0. The molecule has 4 nitrogen and oxygen atoms in total. The molecular formula is C11H16N4. The van der Waals surface area contributed by atoms with E-state index in [1.54, 1.807) is 6.20 Å². The number of hydrogen-bond acceptors (Lipinski definition) is 3. The van der Waals surface area contributed by atoms with Gasteiger partial charge in [0, 0.05) is 24.3 Å². The van der Waals surface area contributed by atoms with Crippen LogP contribution in [0, 0.1) is 5.41 Å². The Hall–Kier alpha value is -1.58. The summed E-state index contributed by atoms with van der Waals surface area (Å²) in [5.41, 5.74) is 6.06. The molecule has 15 heavy (non-hydrogen) atoms. The zero-order chi connectivity index (χ0) is 10.8. The minimum atomic E-state index is 0.0727. The van der Waals surface area contributed by atoms with Crippen molar-refractivity contribution in [1.29, 1.82) is 5.41 Å². The fourth-order valence-corrected chi connectivity index (χ4v) is 1.71. The molecule has 0 radical (unpaired) electrons. The van der Waals surface area contributed by atoms with Gasteiger partial charge in [-0.25, -0.2) is 4.98 Å². The monoisotopic (exact) mass is 204 g/mol. The molecule has 4 heteroatoms. The van der Waals surface area contributed by atoms with Crippen LogP contribution in [0.3, 0.4) is 0 Å². The minimum Gasteiger partial charge on any atom is -0.384 e. The molecule has 1 fully saturated rings. The van der Waals surface area contributed by atoms with E-state index >= 15 is 0 Å². The highest BCUT2D eigenvalue weighted by Gasteiger charge is 2.28. The molecule has 0 unspecified atom stereocenters. The lowest BCUT2D eigenvalue weighted by atomic mass is 10.2. The van der Waals surface area contributed by atoms with Crippen molar-refractivity contribution in [1.82, 2.24) is 4.98 Å². The van der Waals surface area contributed by atoms with Gasteiger partial charge in [-0.05, 0) is 31.9 Å². The van der Waals surface area contributed by atoms with Crippen LogP contribution in [0.5, 0.6) is 0 Å². The summed E-state index contributed by atoms with van der Waals surface area (Å²) in [6, 6.07) is 4.47. The summed E-state index contributed by atoms with van der Waals surface area (Å²) in [6.07, 6.45) is 4.21. The zero-order valence-electron chi connectivity index (χ0n) is 8.90. The second kappa shape index (κ2) is 3.88. The van der Waals surface area contributed by atoms with Gasteiger partial charge in [0.25, 0.3) is 0 Å². The number of nitrogens with zero attached hydrogens (tertiary/aromatic N) is 2. The van der Waals surface area contributed by atoms with Crippen molar-refractivity contribution < 1.29 is 0 Å². The molecule has 0 aliphatic heterocycles. The quantitative estimate of drug-likeness (QED) is 0.574. The largest absolute Gasteiger partial charge is 0.384 e. The lowest BCUT2D eigenvalue weighted by Gasteiger charge is -2.21. The molecule has 1 saturated carbocycles. The Labute approximate surface area is 89.6 Å². The van der Waals surface area contributed by atoms with Crippen molar-refractivity contribution in [2.45, 2.75) is 25.8 Å². The summed E-state index contributed by atoms with van der Waals surface area (Å²) < 4.78 is 0. The molecule has 0 spiro atoms. The molecule has 3 N–H and O–H groups in total. The van der Waals surface area contributed by atoms with E-state index in [1.807, 2.05) is 12.1 Å². The third kappa shape index (κ3) is 2.09. The molecule has 0 aromatic carbocycles. The Morgan fingerprint density at radius 3 is 2.73 bits per heavy atom. The van der Waals surface area contributed by atoms with E-state index in [0.29, 0.717) is 11.6 Å². The number of rotatable bonds is 4. The Kier molecular flexibility index (Phi) is 2.58. The van der Waals surface area contributed by atoms with Crippen molar-refractivity contribution in [2.75, 3.05) is 11.4 Å². The number of nitrogen functional groups attached to an aromatic ring is 1. The highest BCUT2D eigenvalue weighted by Crippen LogP contribution is 2.30. The van der Waals surface area contributed by atoms with Gasteiger partial charge in [0.2, 0.25) is 0 Å². The maximum absolute atomic E-state index is 7.28. The fourth-order valence-electron chi connectivity index (χ4n) is 1.71. The topological polar surface area (TPSA) is 66.0 Å². The van der Waals surface area contributed by atoms with Crippen LogP contribution in [-0.2, 0) is 0 Å². The molecule has 0 atom stereocenters. The van der Waals surface area contributed by atoms with Crippen LogP contribution in [0.4, 0.5) is 5.82 Å². The van der Waals surface area contributed by atoms with E-state index in [2.05, 4.69) is 16.8 Å².